The molecule has 2 aliphatic rings. The lowest BCUT2D eigenvalue weighted by Crippen LogP contribution is -2.36. The van der Waals surface area contributed by atoms with Crippen LogP contribution in [0.4, 0.5) is 11.4 Å². The Morgan fingerprint density at radius 3 is 2.59 bits per heavy atom. The van der Waals surface area contributed by atoms with Gasteiger partial charge in [0.1, 0.15) is 0 Å². The number of hydrogen-bond acceptors (Lipinski definition) is 4. The molecule has 0 saturated heterocycles. The highest BCUT2D eigenvalue weighted by Crippen LogP contribution is 2.39. The summed E-state index contributed by atoms with van der Waals surface area (Å²) in [5, 5.41) is 3.26. The van der Waals surface area contributed by atoms with Gasteiger partial charge in [-0.25, -0.2) is 13.1 Å². The van der Waals surface area contributed by atoms with Crippen molar-refractivity contribution in [2.75, 3.05) is 16.8 Å². The van der Waals surface area contributed by atoms with Crippen molar-refractivity contribution in [2.24, 2.45) is 5.92 Å². The van der Waals surface area contributed by atoms with Crippen LogP contribution in [0.25, 0.3) is 0 Å². The molecular formula is C23H26ClN3O4S. The van der Waals surface area contributed by atoms with E-state index in [0.29, 0.717) is 17.1 Å². The number of nitrogens with one attached hydrogen (secondary N) is 2. The molecule has 0 spiro atoms. The van der Waals surface area contributed by atoms with Gasteiger partial charge >= 0.3 is 0 Å². The zero-order valence-corrected chi connectivity index (χ0v) is 19.6. The Hall–Kier alpha value is -2.42. The third-order valence-corrected chi connectivity index (χ3v) is 7.71. The first-order valence-corrected chi connectivity index (χ1v) is 12.5. The molecule has 7 nitrogen and oxygen atoms in total. The minimum absolute atomic E-state index is 0.0167. The Morgan fingerprint density at radius 1 is 1.16 bits per heavy atom. The number of carbonyl (C=O) groups is 2. The second-order valence-corrected chi connectivity index (χ2v) is 10.7. The number of amides is 2. The zero-order valence-electron chi connectivity index (χ0n) is 18.0. The lowest BCUT2D eigenvalue weighted by molar-refractivity contribution is -0.120. The summed E-state index contributed by atoms with van der Waals surface area (Å²) in [6, 6.07) is 10.1. The first-order chi connectivity index (χ1) is 15.2. The highest BCUT2D eigenvalue weighted by Gasteiger charge is 2.39. The van der Waals surface area contributed by atoms with E-state index in [2.05, 4.69) is 10.0 Å². The molecule has 2 aromatic carbocycles. The molecule has 1 aliphatic heterocycles. The molecule has 2 N–H and O–H groups in total. The molecule has 0 unspecified atom stereocenters. The Balaban J connectivity index is 1.36. The second kappa shape index (κ2) is 8.84. The van der Waals surface area contributed by atoms with E-state index in [9.17, 15) is 18.0 Å². The number of aryl methyl sites for hydroxylation is 1. The van der Waals surface area contributed by atoms with E-state index >= 15 is 0 Å². The second-order valence-electron chi connectivity index (χ2n) is 8.49. The summed E-state index contributed by atoms with van der Waals surface area (Å²) in [7, 11) is -3.78. The van der Waals surface area contributed by atoms with Crippen molar-refractivity contribution >= 4 is 44.8 Å². The first-order valence-electron chi connectivity index (χ1n) is 10.7. The normalized spacial score (nSPS) is 17.8. The predicted octanol–water partition coefficient (Wildman–Crippen LogP) is 3.64. The summed E-state index contributed by atoms with van der Waals surface area (Å²) < 4.78 is 27.9. The van der Waals surface area contributed by atoms with E-state index < -0.39 is 10.0 Å². The number of fused-ring (bicyclic) bond motifs is 1. The predicted molar refractivity (Wildman–Crippen MR) is 124 cm³/mol. The van der Waals surface area contributed by atoms with E-state index in [1.807, 2.05) is 13.8 Å². The van der Waals surface area contributed by atoms with Crippen molar-refractivity contribution in [3.63, 3.8) is 0 Å². The fourth-order valence-electron chi connectivity index (χ4n) is 3.91. The summed E-state index contributed by atoms with van der Waals surface area (Å²) >= 11 is 6.06. The van der Waals surface area contributed by atoms with Crippen LogP contribution >= 0.6 is 11.6 Å². The van der Waals surface area contributed by atoms with Gasteiger partial charge in [0.05, 0.1) is 4.90 Å². The Labute approximate surface area is 193 Å². The number of sulfonamides is 1. The number of nitrogens with zero attached hydrogens (tertiary/aromatic N) is 1. The molecular weight excluding hydrogens is 450 g/mol. The van der Waals surface area contributed by atoms with Crippen LogP contribution in [0.15, 0.2) is 41.3 Å². The summed E-state index contributed by atoms with van der Waals surface area (Å²) in [5.74, 6) is -0.0777. The number of anilines is 2. The minimum atomic E-state index is -3.78. The molecule has 1 atom stereocenters. The molecule has 2 aromatic rings. The number of carbonyl (C=O) groups excluding carboxylic acids is 2. The van der Waals surface area contributed by atoms with Gasteiger partial charge in [0.25, 0.3) is 0 Å². The number of hydrogen-bond donors (Lipinski definition) is 2. The summed E-state index contributed by atoms with van der Waals surface area (Å²) in [5.41, 5.74) is 3.11. The fraction of sp³-hybridized carbons (Fsp3) is 0.391. The van der Waals surface area contributed by atoms with E-state index in [4.69, 9.17) is 11.6 Å². The van der Waals surface area contributed by atoms with Gasteiger partial charge < -0.3 is 10.2 Å². The van der Waals surface area contributed by atoms with Crippen LogP contribution in [-0.4, -0.2) is 32.8 Å². The third-order valence-electron chi connectivity index (χ3n) is 5.84. The van der Waals surface area contributed by atoms with Gasteiger partial charge in [-0.2, -0.15) is 0 Å². The molecule has 1 aliphatic carbocycles. The molecule has 32 heavy (non-hydrogen) atoms. The molecule has 0 radical (unpaired) electrons. The zero-order chi connectivity index (χ0) is 23.0. The van der Waals surface area contributed by atoms with Crippen molar-refractivity contribution in [2.45, 2.75) is 50.5 Å². The van der Waals surface area contributed by atoms with Crippen LogP contribution in [0, 0.1) is 12.8 Å². The molecule has 1 heterocycles. The topological polar surface area (TPSA) is 95.6 Å². The summed E-state index contributed by atoms with van der Waals surface area (Å²) in [6.07, 6.45) is 2.46. The standard InChI is InChI=1S/C23H26ClN3O4S/c1-14-3-6-18(13-20(14)24)26-22(28)9-10-25-32(30,31)19-7-8-21-17(12-19)11-15(2)27(21)23(29)16-4-5-16/h3,6-8,12-13,15-16,25H,4-5,9-11H2,1-2H3,(H,26,28)/t15-/m0/s1. The average molecular weight is 476 g/mol. The Bertz CT molecular complexity index is 1180. The Morgan fingerprint density at radius 2 is 1.91 bits per heavy atom. The molecule has 1 saturated carbocycles. The van der Waals surface area contributed by atoms with E-state index in [-0.39, 0.29) is 41.6 Å². The lowest BCUT2D eigenvalue weighted by Gasteiger charge is -2.22. The highest BCUT2D eigenvalue weighted by molar-refractivity contribution is 7.89. The van der Waals surface area contributed by atoms with Crippen LogP contribution in [0.5, 0.6) is 0 Å². The van der Waals surface area contributed by atoms with Crippen molar-refractivity contribution < 1.29 is 18.0 Å². The summed E-state index contributed by atoms with van der Waals surface area (Å²) in [6.45, 7) is 3.81. The maximum absolute atomic E-state index is 12.7. The van der Waals surface area contributed by atoms with Gasteiger partial charge in [-0.1, -0.05) is 17.7 Å². The van der Waals surface area contributed by atoms with Crippen molar-refractivity contribution in [3.05, 3.63) is 52.5 Å². The average Bonchev–Trinajstić information content (AvgIpc) is 3.52. The molecule has 4 rings (SSSR count). The maximum Gasteiger partial charge on any atom is 0.240 e. The minimum Gasteiger partial charge on any atom is -0.326 e. The molecule has 2 amide bonds. The molecule has 0 aromatic heterocycles. The van der Waals surface area contributed by atoms with Gasteiger partial charge in [-0.05, 0) is 74.6 Å². The van der Waals surface area contributed by atoms with Crippen molar-refractivity contribution in [1.82, 2.24) is 4.72 Å². The maximum atomic E-state index is 12.7. The largest absolute Gasteiger partial charge is 0.326 e. The van der Waals surface area contributed by atoms with Crippen molar-refractivity contribution in [1.29, 1.82) is 0 Å². The van der Waals surface area contributed by atoms with E-state index in [0.717, 1.165) is 29.7 Å². The highest BCUT2D eigenvalue weighted by atomic mass is 35.5. The number of benzene rings is 2. The van der Waals surface area contributed by atoms with Gasteiger partial charge in [0.2, 0.25) is 21.8 Å². The molecule has 1 fully saturated rings. The third kappa shape index (κ3) is 4.82. The monoisotopic (exact) mass is 475 g/mol. The van der Waals surface area contributed by atoms with Gasteiger partial charge in [-0.15, -0.1) is 0 Å². The smallest absolute Gasteiger partial charge is 0.240 e. The quantitative estimate of drug-likeness (QED) is 0.639. The van der Waals surface area contributed by atoms with Gasteiger partial charge in [0, 0.05) is 41.3 Å². The van der Waals surface area contributed by atoms with Gasteiger partial charge in [0.15, 0.2) is 0 Å². The first kappa shape index (κ1) is 22.8. The Kier molecular flexibility index (Phi) is 6.29. The lowest BCUT2D eigenvalue weighted by atomic mass is 10.1. The van der Waals surface area contributed by atoms with Crippen LogP contribution in [-0.2, 0) is 26.0 Å². The SMILES string of the molecule is Cc1ccc(NC(=O)CCNS(=O)(=O)c2ccc3c(c2)C[C@H](C)N3C(=O)C2CC2)cc1Cl. The van der Waals surface area contributed by atoms with E-state index in [1.165, 1.54) is 6.07 Å². The van der Waals surface area contributed by atoms with Crippen LogP contribution in [0.2, 0.25) is 5.02 Å². The molecule has 0 bridgehead atoms. The van der Waals surface area contributed by atoms with E-state index in [1.54, 1.807) is 35.2 Å². The van der Waals surface area contributed by atoms with Crippen LogP contribution < -0.4 is 14.9 Å². The molecule has 9 heteroatoms. The number of halogens is 1. The van der Waals surface area contributed by atoms with Crippen LogP contribution in [0.1, 0.15) is 37.3 Å². The molecule has 170 valence electrons. The van der Waals surface area contributed by atoms with Gasteiger partial charge in [-0.3, -0.25) is 9.59 Å². The van der Waals surface area contributed by atoms with Crippen LogP contribution in [0.3, 0.4) is 0 Å². The fourth-order valence-corrected chi connectivity index (χ4v) is 5.18. The summed E-state index contributed by atoms with van der Waals surface area (Å²) in [4.78, 5) is 26.7. The number of rotatable bonds is 7. The van der Waals surface area contributed by atoms with Crippen molar-refractivity contribution in [3.8, 4) is 0 Å².